The van der Waals surface area contributed by atoms with Crippen molar-refractivity contribution in [2.24, 2.45) is 5.92 Å². The summed E-state index contributed by atoms with van der Waals surface area (Å²) >= 11 is 5.01. The van der Waals surface area contributed by atoms with Crippen molar-refractivity contribution in [3.63, 3.8) is 0 Å². The zero-order valence-electron chi connectivity index (χ0n) is 9.65. The van der Waals surface area contributed by atoms with E-state index in [1.54, 1.807) is 11.3 Å². The molecule has 0 radical (unpaired) electrons. The van der Waals surface area contributed by atoms with E-state index in [1.165, 1.54) is 32.1 Å². The molecule has 0 spiro atoms. The average molecular weight is 304 g/mol. The lowest BCUT2D eigenvalue weighted by Crippen LogP contribution is -2.24. The van der Waals surface area contributed by atoms with Crippen molar-refractivity contribution in [1.29, 1.82) is 0 Å². The molecule has 0 N–H and O–H groups in total. The van der Waals surface area contributed by atoms with Gasteiger partial charge in [0.1, 0.15) is 0 Å². The molecule has 1 saturated heterocycles. The minimum atomic E-state index is 0.886. The normalized spacial score (nSPS) is 22.1. The highest BCUT2D eigenvalue weighted by Gasteiger charge is 2.18. The zero-order valence-corrected chi connectivity index (χ0v) is 12.1. The molecule has 3 nitrogen and oxygen atoms in total. The van der Waals surface area contributed by atoms with Crippen LogP contribution in [-0.2, 0) is 0 Å². The van der Waals surface area contributed by atoms with Crippen LogP contribution in [0, 0.1) is 5.92 Å². The van der Waals surface area contributed by atoms with Crippen LogP contribution in [0.15, 0.2) is 3.92 Å². The Kier molecular flexibility index (Phi) is 4.58. The molecule has 0 aromatic carbocycles. The van der Waals surface area contributed by atoms with Gasteiger partial charge in [0.25, 0.3) is 0 Å². The first-order chi connectivity index (χ1) is 7.79. The molecule has 1 aromatic heterocycles. The predicted molar refractivity (Wildman–Crippen MR) is 72.1 cm³/mol. The number of hydrogen-bond donors (Lipinski definition) is 0. The summed E-state index contributed by atoms with van der Waals surface area (Å²) < 4.78 is 0.886. The molecule has 0 aliphatic carbocycles. The van der Waals surface area contributed by atoms with Gasteiger partial charge >= 0.3 is 0 Å². The van der Waals surface area contributed by atoms with Gasteiger partial charge in [0.05, 0.1) is 0 Å². The Morgan fingerprint density at radius 2 is 2.25 bits per heavy atom. The zero-order chi connectivity index (χ0) is 11.4. The third-order valence-corrected chi connectivity index (χ3v) is 4.62. The summed E-state index contributed by atoms with van der Waals surface area (Å²) in [6, 6.07) is 0. The van der Waals surface area contributed by atoms with E-state index in [1.807, 2.05) is 0 Å². The largest absolute Gasteiger partial charge is 0.347 e. The number of hydrogen-bond acceptors (Lipinski definition) is 4. The lowest BCUT2D eigenvalue weighted by Gasteiger charge is -2.18. The molecule has 0 bridgehead atoms. The molecule has 2 heterocycles. The van der Waals surface area contributed by atoms with Crippen molar-refractivity contribution in [1.82, 2.24) is 10.2 Å². The molecule has 1 aromatic rings. The summed E-state index contributed by atoms with van der Waals surface area (Å²) in [5.41, 5.74) is 0. The fraction of sp³-hybridized carbons (Fsp3) is 0.818. The fourth-order valence-electron chi connectivity index (χ4n) is 2.38. The summed E-state index contributed by atoms with van der Waals surface area (Å²) in [4.78, 5) is 2.39. The van der Waals surface area contributed by atoms with E-state index in [0.29, 0.717) is 0 Å². The topological polar surface area (TPSA) is 29.0 Å². The number of anilines is 1. The maximum absolute atomic E-state index is 4.20. The smallest absolute Gasteiger partial charge is 0.209 e. The van der Waals surface area contributed by atoms with Gasteiger partial charge in [-0.1, -0.05) is 31.1 Å². The highest BCUT2D eigenvalue weighted by atomic mass is 79.9. The molecule has 2 rings (SSSR count). The molecule has 16 heavy (non-hydrogen) atoms. The standard InChI is InChI=1S/C11H18BrN3S/c1-2-4-9-5-3-7-15(8-6-9)11-14-13-10(12)16-11/h9H,2-8H2,1H3. The van der Waals surface area contributed by atoms with Gasteiger partial charge in [-0.05, 0) is 41.1 Å². The number of nitrogens with zero attached hydrogens (tertiary/aromatic N) is 3. The van der Waals surface area contributed by atoms with E-state index < -0.39 is 0 Å². The van der Waals surface area contributed by atoms with Crippen LogP contribution in [0.5, 0.6) is 0 Å². The third-order valence-electron chi connectivity index (χ3n) is 3.20. The molecule has 90 valence electrons. The minimum Gasteiger partial charge on any atom is -0.347 e. The maximum Gasteiger partial charge on any atom is 0.209 e. The molecular weight excluding hydrogens is 286 g/mol. The summed E-state index contributed by atoms with van der Waals surface area (Å²) in [6.07, 6.45) is 6.68. The van der Waals surface area contributed by atoms with Crippen molar-refractivity contribution in [2.75, 3.05) is 18.0 Å². The average Bonchev–Trinajstić information content (AvgIpc) is 2.57. The Morgan fingerprint density at radius 3 is 2.94 bits per heavy atom. The lowest BCUT2D eigenvalue weighted by atomic mass is 9.96. The summed E-state index contributed by atoms with van der Waals surface area (Å²) in [7, 11) is 0. The van der Waals surface area contributed by atoms with Crippen molar-refractivity contribution >= 4 is 32.4 Å². The van der Waals surface area contributed by atoms with Crippen LogP contribution < -0.4 is 4.90 Å². The molecule has 5 heteroatoms. The maximum atomic E-state index is 4.20. The van der Waals surface area contributed by atoms with E-state index >= 15 is 0 Å². The van der Waals surface area contributed by atoms with E-state index in [-0.39, 0.29) is 0 Å². The van der Waals surface area contributed by atoms with Crippen LogP contribution in [0.2, 0.25) is 0 Å². The highest BCUT2D eigenvalue weighted by Crippen LogP contribution is 2.28. The van der Waals surface area contributed by atoms with Gasteiger partial charge < -0.3 is 4.90 Å². The van der Waals surface area contributed by atoms with Crippen LogP contribution in [0.3, 0.4) is 0 Å². The number of rotatable bonds is 3. The first kappa shape index (κ1) is 12.3. The van der Waals surface area contributed by atoms with E-state index in [4.69, 9.17) is 0 Å². The Balaban J connectivity index is 1.93. The molecule has 0 amide bonds. The monoisotopic (exact) mass is 303 g/mol. The quantitative estimate of drug-likeness (QED) is 0.852. The molecule has 1 aliphatic heterocycles. The van der Waals surface area contributed by atoms with Crippen LogP contribution >= 0.6 is 27.3 Å². The Morgan fingerprint density at radius 1 is 1.38 bits per heavy atom. The summed E-state index contributed by atoms with van der Waals surface area (Å²) in [5.74, 6) is 0.923. The predicted octanol–water partition coefficient (Wildman–Crippen LogP) is 3.71. The molecule has 1 fully saturated rings. The second kappa shape index (κ2) is 5.96. The van der Waals surface area contributed by atoms with Crippen molar-refractivity contribution in [3.05, 3.63) is 3.92 Å². The van der Waals surface area contributed by atoms with E-state index in [0.717, 1.165) is 28.1 Å². The van der Waals surface area contributed by atoms with Gasteiger partial charge in [0.15, 0.2) is 3.92 Å². The summed E-state index contributed by atoms with van der Waals surface area (Å²) in [5, 5.41) is 9.29. The van der Waals surface area contributed by atoms with Gasteiger partial charge in [-0.25, -0.2) is 0 Å². The van der Waals surface area contributed by atoms with Crippen molar-refractivity contribution in [3.8, 4) is 0 Å². The van der Waals surface area contributed by atoms with E-state index in [2.05, 4.69) is 38.0 Å². The second-order valence-electron chi connectivity index (χ2n) is 4.41. The Labute approximate surface area is 109 Å². The van der Waals surface area contributed by atoms with Gasteiger partial charge in [0, 0.05) is 13.1 Å². The second-order valence-corrected chi connectivity index (χ2v) is 6.64. The van der Waals surface area contributed by atoms with Crippen molar-refractivity contribution in [2.45, 2.75) is 39.0 Å². The van der Waals surface area contributed by atoms with E-state index in [9.17, 15) is 0 Å². The molecule has 1 atom stereocenters. The number of halogens is 1. The lowest BCUT2D eigenvalue weighted by molar-refractivity contribution is 0.435. The Bertz CT molecular complexity index is 329. The molecular formula is C11H18BrN3S. The van der Waals surface area contributed by atoms with Crippen LogP contribution in [-0.4, -0.2) is 23.3 Å². The Hall–Kier alpha value is -0.160. The molecule has 1 unspecified atom stereocenters. The van der Waals surface area contributed by atoms with Crippen LogP contribution in [0.25, 0.3) is 0 Å². The third kappa shape index (κ3) is 3.17. The first-order valence-corrected chi connectivity index (χ1v) is 7.64. The summed E-state index contributed by atoms with van der Waals surface area (Å²) in [6.45, 7) is 4.57. The van der Waals surface area contributed by atoms with Gasteiger partial charge in [-0.15, -0.1) is 10.2 Å². The van der Waals surface area contributed by atoms with Gasteiger partial charge in [-0.3, -0.25) is 0 Å². The van der Waals surface area contributed by atoms with Crippen molar-refractivity contribution < 1.29 is 0 Å². The fourth-order valence-corrected chi connectivity index (χ4v) is 3.52. The first-order valence-electron chi connectivity index (χ1n) is 6.03. The van der Waals surface area contributed by atoms with Crippen LogP contribution in [0.4, 0.5) is 5.13 Å². The molecule has 0 saturated carbocycles. The highest BCUT2D eigenvalue weighted by molar-refractivity contribution is 9.11. The minimum absolute atomic E-state index is 0.886. The van der Waals surface area contributed by atoms with Gasteiger partial charge in [-0.2, -0.15) is 0 Å². The SMILES string of the molecule is CCCC1CCCN(c2nnc(Br)s2)CC1. The van der Waals surface area contributed by atoms with Gasteiger partial charge in [0.2, 0.25) is 5.13 Å². The number of aromatic nitrogens is 2. The molecule has 1 aliphatic rings. The van der Waals surface area contributed by atoms with Crippen LogP contribution in [0.1, 0.15) is 39.0 Å².